The van der Waals surface area contributed by atoms with Crippen molar-refractivity contribution >= 4 is 34.6 Å². The molecular weight excluding hydrogens is 525 g/mol. The number of carbonyl (C=O) groups is 3. The third kappa shape index (κ3) is 7.19. The van der Waals surface area contributed by atoms with Crippen LogP contribution in [-0.4, -0.2) is 65.8 Å². The zero-order valence-electron chi connectivity index (χ0n) is 20.9. The van der Waals surface area contributed by atoms with E-state index in [1.54, 1.807) is 0 Å². The minimum Gasteiger partial charge on any atom is -0.431 e. The number of pyridine rings is 1. The fourth-order valence-corrected chi connectivity index (χ4v) is 4.80. The van der Waals surface area contributed by atoms with E-state index in [0.717, 1.165) is 30.2 Å². The highest BCUT2D eigenvalue weighted by molar-refractivity contribution is 5.93. The number of nitrogen functional groups attached to an aromatic ring is 1. The molecule has 212 valence electrons. The zero-order chi connectivity index (χ0) is 28.2. The summed E-state index contributed by atoms with van der Waals surface area (Å²) in [6.45, 7) is -0.731. The molecule has 4 N–H and O–H groups in total. The van der Waals surface area contributed by atoms with Crippen molar-refractivity contribution in [1.82, 2.24) is 9.88 Å². The van der Waals surface area contributed by atoms with E-state index in [-0.39, 0.29) is 35.8 Å². The predicted molar refractivity (Wildman–Crippen MR) is 130 cm³/mol. The fraction of sp³-hybridized carbons (Fsp3) is 0.520. The highest BCUT2D eigenvalue weighted by Crippen LogP contribution is 2.34. The second-order valence-electron chi connectivity index (χ2n) is 9.43. The Balaban J connectivity index is 1.53. The standard InChI is InChI=1S/C25H29F3N4O7/c26-25(27,28)39-20-12-17-14(6-8-31-21(17)30)10-15(20)11-19(32-9-7-18(29)22(32)33)23(34)36-13-37-24(35)38-16-4-2-1-3-5-16/h6,8,10,12,16,18-19H,1-5,7,9,11,13,29H2,(H2,30,31)/t18-,19+/m0/s1. The molecule has 2 atom stereocenters. The van der Waals surface area contributed by atoms with Crippen LogP contribution in [0.25, 0.3) is 10.8 Å². The van der Waals surface area contributed by atoms with Crippen molar-refractivity contribution in [3.05, 3.63) is 30.0 Å². The summed E-state index contributed by atoms with van der Waals surface area (Å²) in [4.78, 5) is 42.7. The monoisotopic (exact) mass is 554 g/mol. The molecule has 1 saturated carbocycles. The number of hydrogen-bond donors (Lipinski definition) is 2. The Morgan fingerprint density at radius 2 is 1.87 bits per heavy atom. The van der Waals surface area contributed by atoms with Gasteiger partial charge in [0.1, 0.15) is 23.7 Å². The van der Waals surface area contributed by atoms with Crippen molar-refractivity contribution in [2.75, 3.05) is 19.1 Å². The summed E-state index contributed by atoms with van der Waals surface area (Å²) in [7, 11) is 0. The van der Waals surface area contributed by atoms with Gasteiger partial charge in [0.2, 0.25) is 12.7 Å². The number of benzene rings is 1. The summed E-state index contributed by atoms with van der Waals surface area (Å²) < 4.78 is 59.1. The molecule has 1 aromatic heterocycles. The van der Waals surface area contributed by atoms with Gasteiger partial charge in [-0.15, -0.1) is 13.2 Å². The first-order chi connectivity index (χ1) is 18.5. The second-order valence-corrected chi connectivity index (χ2v) is 9.43. The highest BCUT2D eigenvalue weighted by Gasteiger charge is 2.40. The van der Waals surface area contributed by atoms with Crippen molar-refractivity contribution in [3.8, 4) is 5.75 Å². The lowest BCUT2D eigenvalue weighted by molar-refractivity contribution is -0.274. The fourth-order valence-electron chi connectivity index (χ4n) is 4.80. The summed E-state index contributed by atoms with van der Waals surface area (Å²) in [5.74, 6) is -2.20. The van der Waals surface area contributed by atoms with E-state index >= 15 is 0 Å². The molecule has 0 bridgehead atoms. The first-order valence-electron chi connectivity index (χ1n) is 12.5. The molecule has 2 aliphatic rings. The molecule has 1 amide bonds. The molecule has 0 radical (unpaired) electrons. The lowest BCUT2D eigenvalue weighted by Crippen LogP contribution is -2.47. The number of amides is 1. The lowest BCUT2D eigenvalue weighted by Gasteiger charge is -2.27. The lowest BCUT2D eigenvalue weighted by atomic mass is 9.98. The largest absolute Gasteiger partial charge is 0.573 e. The number of aromatic nitrogens is 1. The molecular formula is C25H29F3N4O7. The number of rotatable bonds is 8. The van der Waals surface area contributed by atoms with Crippen LogP contribution >= 0.6 is 0 Å². The molecule has 14 heteroatoms. The Labute approximate surface area is 221 Å². The second kappa shape index (κ2) is 11.9. The Bertz CT molecular complexity index is 1220. The van der Waals surface area contributed by atoms with Gasteiger partial charge in [-0.2, -0.15) is 0 Å². The van der Waals surface area contributed by atoms with E-state index in [9.17, 15) is 27.6 Å². The number of nitrogens with two attached hydrogens (primary N) is 2. The average Bonchev–Trinajstić information content (AvgIpc) is 3.20. The van der Waals surface area contributed by atoms with Crippen LogP contribution in [0.3, 0.4) is 0 Å². The third-order valence-electron chi connectivity index (χ3n) is 6.74. The Morgan fingerprint density at radius 3 is 2.54 bits per heavy atom. The number of anilines is 1. The van der Waals surface area contributed by atoms with E-state index in [4.69, 9.17) is 25.7 Å². The van der Waals surface area contributed by atoms with E-state index in [0.29, 0.717) is 18.2 Å². The predicted octanol–water partition coefficient (Wildman–Crippen LogP) is 3.17. The van der Waals surface area contributed by atoms with Crippen LogP contribution in [0.2, 0.25) is 0 Å². The molecule has 39 heavy (non-hydrogen) atoms. The Morgan fingerprint density at radius 1 is 1.13 bits per heavy atom. The van der Waals surface area contributed by atoms with Crippen LogP contribution in [0.5, 0.6) is 5.75 Å². The summed E-state index contributed by atoms with van der Waals surface area (Å²) in [5, 5.41) is 0.654. The van der Waals surface area contributed by atoms with Gasteiger partial charge in [-0.05, 0) is 61.3 Å². The minimum absolute atomic E-state index is 0.0139. The molecule has 0 spiro atoms. The van der Waals surface area contributed by atoms with Gasteiger partial charge in [-0.25, -0.2) is 14.6 Å². The molecule has 1 aliphatic heterocycles. The number of carbonyl (C=O) groups excluding carboxylic acids is 3. The minimum atomic E-state index is -5.05. The van der Waals surface area contributed by atoms with Gasteiger partial charge < -0.3 is 35.3 Å². The molecule has 1 aromatic carbocycles. The van der Waals surface area contributed by atoms with Gasteiger partial charge >= 0.3 is 18.5 Å². The molecule has 2 aromatic rings. The van der Waals surface area contributed by atoms with Gasteiger partial charge in [0.25, 0.3) is 0 Å². The smallest absolute Gasteiger partial charge is 0.431 e. The van der Waals surface area contributed by atoms with Crippen LogP contribution in [0.4, 0.5) is 23.8 Å². The summed E-state index contributed by atoms with van der Waals surface area (Å²) >= 11 is 0. The number of nitrogens with zero attached hydrogens (tertiary/aromatic N) is 2. The maximum atomic E-state index is 13.2. The third-order valence-corrected chi connectivity index (χ3v) is 6.74. The Hall–Kier alpha value is -3.81. The summed E-state index contributed by atoms with van der Waals surface area (Å²) in [5.41, 5.74) is 11.6. The Kier molecular flexibility index (Phi) is 8.63. The van der Waals surface area contributed by atoms with Gasteiger partial charge in [0.05, 0.1) is 6.04 Å². The zero-order valence-corrected chi connectivity index (χ0v) is 20.9. The van der Waals surface area contributed by atoms with Gasteiger partial charge in [-0.1, -0.05) is 6.42 Å². The number of alkyl halides is 3. The van der Waals surface area contributed by atoms with E-state index in [1.807, 2.05) is 0 Å². The molecule has 2 fully saturated rings. The number of halogens is 3. The maximum absolute atomic E-state index is 13.2. The number of fused-ring (bicyclic) bond motifs is 1. The van der Waals surface area contributed by atoms with Gasteiger partial charge in [0, 0.05) is 24.5 Å². The van der Waals surface area contributed by atoms with Crippen LogP contribution < -0.4 is 16.2 Å². The van der Waals surface area contributed by atoms with Crippen molar-refractivity contribution < 1.29 is 46.5 Å². The van der Waals surface area contributed by atoms with Crippen molar-refractivity contribution in [3.63, 3.8) is 0 Å². The van der Waals surface area contributed by atoms with Crippen LogP contribution in [0, 0.1) is 0 Å². The van der Waals surface area contributed by atoms with Gasteiger partial charge in [-0.3, -0.25) is 4.79 Å². The van der Waals surface area contributed by atoms with Gasteiger partial charge in [0.15, 0.2) is 0 Å². The van der Waals surface area contributed by atoms with E-state index < -0.39 is 55.4 Å². The van der Waals surface area contributed by atoms with Crippen LogP contribution in [0.15, 0.2) is 24.4 Å². The number of likely N-dealkylation sites (tertiary alicyclic amines) is 1. The average molecular weight is 555 g/mol. The van der Waals surface area contributed by atoms with E-state index in [1.165, 1.54) is 18.3 Å². The van der Waals surface area contributed by atoms with Crippen molar-refractivity contribution in [1.29, 1.82) is 0 Å². The molecule has 1 aliphatic carbocycles. The topological polar surface area (TPSA) is 156 Å². The highest BCUT2D eigenvalue weighted by atomic mass is 19.4. The van der Waals surface area contributed by atoms with Crippen LogP contribution in [0.1, 0.15) is 44.1 Å². The van der Waals surface area contributed by atoms with E-state index in [2.05, 4.69) is 9.72 Å². The molecule has 0 unspecified atom stereocenters. The first kappa shape index (κ1) is 28.2. The SMILES string of the molecule is Nc1nccc2cc(C[C@H](C(=O)OCOC(=O)OC3CCCCC3)N3CC[C@H](N)C3=O)c(OC(F)(F)F)cc12. The van der Waals surface area contributed by atoms with Crippen molar-refractivity contribution in [2.45, 2.75) is 69.5 Å². The number of esters is 1. The van der Waals surface area contributed by atoms with Crippen molar-refractivity contribution in [2.24, 2.45) is 5.73 Å². The summed E-state index contributed by atoms with van der Waals surface area (Å²) in [6.07, 6.45) is -0.783. The van der Waals surface area contributed by atoms with Crippen LogP contribution in [-0.2, 0) is 30.2 Å². The maximum Gasteiger partial charge on any atom is 0.573 e. The normalized spacial score (nSPS) is 19.1. The number of ether oxygens (including phenoxy) is 4. The number of hydrogen-bond acceptors (Lipinski definition) is 10. The molecule has 4 rings (SSSR count). The quantitative estimate of drug-likeness (QED) is 0.367. The molecule has 2 heterocycles. The first-order valence-corrected chi connectivity index (χ1v) is 12.5. The molecule has 1 saturated heterocycles. The molecule has 11 nitrogen and oxygen atoms in total. The summed E-state index contributed by atoms with van der Waals surface area (Å²) in [6, 6.07) is 1.72.